The van der Waals surface area contributed by atoms with Crippen molar-refractivity contribution in [2.75, 3.05) is 26.2 Å². The number of aromatic amines is 1. The van der Waals surface area contributed by atoms with E-state index in [1.165, 1.54) is 19.0 Å². The number of carbonyl (C=O) groups is 1. The number of nitrogens with one attached hydrogen (secondary N) is 1. The smallest absolute Gasteiger partial charge is 0.259 e. The van der Waals surface area contributed by atoms with Crippen molar-refractivity contribution in [3.05, 3.63) is 28.2 Å². The second kappa shape index (κ2) is 6.97. The zero-order chi connectivity index (χ0) is 17.3. The fourth-order valence-corrected chi connectivity index (χ4v) is 3.54. The van der Waals surface area contributed by atoms with Gasteiger partial charge in [-0.15, -0.1) is 0 Å². The lowest BCUT2D eigenvalue weighted by atomic mass is 10.0. The Morgan fingerprint density at radius 1 is 1.38 bits per heavy atom. The molecule has 0 radical (unpaired) electrons. The van der Waals surface area contributed by atoms with Gasteiger partial charge in [0.1, 0.15) is 5.75 Å². The zero-order valence-electron chi connectivity index (χ0n) is 14.5. The van der Waals surface area contributed by atoms with Crippen molar-refractivity contribution >= 4 is 5.91 Å². The quantitative estimate of drug-likeness (QED) is 0.879. The summed E-state index contributed by atoms with van der Waals surface area (Å²) >= 11 is 0. The van der Waals surface area contributed by atoms with Crippen molar-refractivity contribution in [1.82, 2.24) is 14.8 Å². The largest absolute Gasteiger partial charge is 0.507 e. The van der Waals surface area contributed by atoms with Crippen LogP contribution in [0.15, 0.2) is 17.1 Å². The highest BCUT2D eigenvalue weighted by molar-refractivity contribution is 5.96. The Labute approximate surface area is 142 Å². The van der Waals surface area contributed by atoms with Crippen molar-refractivity contribution in [2.24, 2.45) is 11.8 Å². The molecule has 0 spiro atoms. The van der Waals surface area contributed by atoms with Gasteiger partial charge in [-0.2, -0.15) is 0 Å². The second-order valence-corrected chi connectivity index (χ2v) is 7.45. The van der Waals surface area contributed by atoms with Crippen LogP contribution in [-0.4, -0.2) is 58.0 Å². The average Bonchev–Trinajstić information content (AvgIpc) is 3.34. The lowest BCUT2D eigenvalue weighted by Crippen LogP contribution is -2.46. The van der Waals surface area contributed by atoms with Crippen LogP contribution in [0.5, 0.6) is 5.75 Å². The summed E-state index contributed by atoms with van der Waals surface area (Å²) in [6.45, 7) is 7.91. The van der Waals surface area contributed by atoms with E-state index in [1.54, 1.807) is 0 Å². The zero-order valence-corrected chi connectivity index (χ0v) is 14.5. The van der Waals surface area contributed by atoms with Crippen molar-refractivity contribution < 1.29 is 9.90 Å². The van der Waals surface area contributed by atoms with Gasteiger partial charge in [-0.3, -0.25) is 14.5 Å². The molecular formula is C18H27N3O3. The second-order valence-electron chi connectivity index (χ2n) is 7.45. The van der Waals surface area contributed by atoms with Crippen LogP contribution in [0, 0.1) is 11.8 Å². The predicted octanol–water partition coefficient (Wildman–Crippen LogP) is 1.66. The van der Waals surface area contributed by atoms with Crippen molar-refractivity contribution in [3.8, 4) is 5.75 Å². The number of H-pyrrole nitrogens is 1. The minimum absolute atomic E-state index is 0.174. The third kappa shape index (κ3) is 3.80. The topological polar surface area (TPSA) is 76.6 Å². The van der Waals surface area contributed by atoms with Crippen molar-refractivity contribution in [3.63, 3.8) is 0 Å². The third-order valence-corrected chi connectivity index (χ3v) is 5.13. The van der Waals surface area contributed by atoms with E-state index in [4.69, 9.17) is 0 Å². The number of hydrogen-bond donors (Lipinski definition) is 2. The molecule has 1 saturated heterocycles. The molecule has 2 aliphatic rings. The Balaban J connectivity index is 1.77. The van der Waals surface area contributed by atoms with E-state index in [0.717, 1.165) is 31.5 Å². The third-order valence-electron chi connectivity index (χ3n) is 5.13. The summed E-state index contributed by atoms with van der Waals surface area (Å²) < 4.78 is 0. The molecule has 1 aromatic rings. The van der Waals surface area contributed by atoms with Crippen LogP contribution >= 0.6 is 0 Å². The maximum Gasteiger partial charge on any atom is 0.259 e. The molecule has 6 heteroatoms. The maximum absolute atomic E-state index is 12.8. The number of nitrogens with zero attached hydrogens (tertiary/aromatic N) is 2. The standard InChI is InChI=1S/C18H27N3O3/c1-12(2)15-11-21(7-3-6-20(15)10-13-4-5-13)18(24)14-9-19-17(23)8-16(14)22/h8-9,12-13,15H,3-7,10-11H2,1-2H3,(H2,19,22,23). The monoisotopic (exact) mass is 333 g/mol. The van der Waals surface area contributed by atoms with Crippen LogP contribution in [0.4, 0.5) is 0 Å². The number of amides is 1. The molecule has 1 aliphatic carbocycles. The molecule has 132 valence electrons. The van der Waals surface area contributed by atoms with Crippen LogP contribution in [0.2, 0.25) is 0 Å². The summed E-state index contributed by atoms with van der Waals surface area (Å²) in [6.07, 6.45) is 4.91. The molecule has 2 N–H and O–H groups in total. The van der Waals surface area contributed by atoms with Crippen LogP contribution < -0.4 is 5.56 Å². The van der Waals surface area contributed by atoms with Crippen molar-refractivity contribution in [1.29, 1.82) is 0 Å². The molecule has 1 unspecified atom stereocenters. The molecule has 3 rings (SSSR count). The summed E-state index contributed by atoms with van der Waals surface area (Å²) in [5.41, 5.74) is -0.233. The molecule has 0 aromatic carbocycles. The van der Waals surface area contributed by atoms with Gasteiger partial charge in [0.05, 0.1) is 5.56 Å². The van der Waals surface area contributed by atoms with Crippen LogP contribution in [0.3, 0.4) is 0 Å². The van der Waals surface area contributed by atoms with Crippen molar-refractivity contribution in [2.45, 2.75) is 39.2 Å². The molecule has 0 bridgehead atoms. The minimum Gasteiger partial charge on any atom is -0.507 e. The number of carbonyl (C=O) groups excluding carboxylic acids is 1. The lowest BCUT2D eigenvalue weighted by molar-refractivity contribution is 0.0701. The van der Waals surface area contributed by atoms with Gasteiger partial charge in [-0.25, -0.2) is 0 Å². The maximum atomic E-state index is 12.8. The average molecular weight is 333 g/mol. The highest BCUT2D eigenvalue weighted by Gasteiger charge is 2.33. The Bertz CT molecular complexity index is 651. The summed E-state index contributed by atoms with van der Waals surface area (Å²) in [5, 5.41) is 9.94. The highest BCUT2D eigenvalue weighted by Crippen LogP contribution is 2.32. The first-order valence-corrected chi connectivity index (χ1v) is 8.90. The number of aromatic nitrogens is 1. The Kier molecular flexibility index (Phi) is 4.94. The molecular weight excluding hydrogens is 306 g/mol. The van der Waals surface area contributed by atoms with E-state index >= 15 is 0 Å². The number of rotatable bonds is 4. The van der Waals surface area contributed by atoms with E-state index in [0.29, 0.717) is 25.0 Å². The molecule has 1 saturated carbocycles. The van der Waals surface area contributed by atoms with Crippen LogP contribution in [0.25, 0.3) is 0 Å². The number of pyridine rings is 1. The van der Waals surface area contributed by atoms with Gasteiger partial charge in [0.25, 0.3) is 11.5 Å². The van der Waals surface area contributed by atoms with E-state index < -0.39 is 5.56 Å². The molecule has 24 heavy (non-hydrogen) atoms. The first-order chi connectivity index (χ1) is 11.5. The van der Waals surface area contributed by atoms with Gasteiger partial charge >= 0.3 is 0 Å². The van der Waals surface area contributed by atoms with Gasteiger partial charge in [-0.1, -0.05) is 13.8 Å². The highest BCUT2D eigenvalue weighted by atomic mass is 16.3. The Morgan fingerprint density at radius 3 is 2.75 bits per heavy atom. The summed E-state index contributed by atoms with van der Waals surface area (Å²) in [5.74, 6) is 0.838. The molecule has 2 fully saturated rings. The minimum atomic E-state index is -0.407. The first kappa shape index (κ1) is 17.0. The molecule has 6 nitrogen and oxygen atoms in total. The summed E-state index contributed by atoms with van der Waals surface area (Å²) in [4.78, 5) is 30.9. The summed E-state index contributed by atoms with van der Waals surface area (Å²) in [6, 6.07) is 1.40. The normalized spacial score (nSPS) is 22.6. The van der Waals surface area contributed by atoms with Gasteiger partial charge in [0.2, 0.25) is 0 Å². The van der Waals surface area contributed by atoms with E-state index in [2.05, 4.69) is 23.7 Å². The van der Waals surface area contributed by atoms with Gasteiger partial charge in [0, 0.05) is 44.5 Å². The molecule has 1 aromatic heterocycles. The van der Waals surface area contributed by atoms with E-state index in [-0.39, 0.29) is 17.2 Å². The molecule has 1 atom stereocenters. The van der Waals surface area contributed by atoms with Crippen LogP contribution in [0.1, 0.15) is 43.5 Å². The van der Waals surface area contributed by atoms with E-state index in [9.17, 15) is 14.7 Å². The van der Waals surface area contributed by atoms with Gasteiger partial charge < -0.3 is 15.0 Å². The van der Waals surface area contributed by atoms with Gasteiger partial charge in [0.15, 0.2) is 0 Å². The van der Waals surface area contributed by atoms with E-state index in [1.807, 2.05) is 4.90 Å². The molecule has 1 amide bonds. The molecule has 2 heterocycles. The van der Waals surface area contributed by atoms with Crippen LogP contribution in [-0.2, 0) is 0 Å². The lowest BCUT2D eigenvalue weighted by Gasteiger charge is -2.34. The fourth-order valence-electron chi connectivity index (χ4n) is 3.54. The number of hydrogen-bond acceptors (Lipinski definition) is 4. The predicted molar refractivity (Wildman–Crippen MR) is 92.2 cm³/mol. The SMILES string of the molecule is CC(C)C1CN(C(=O)c2c[nH]c(=O)cc2O)CCCN1CC1CC1. The Morgan fingerprint density at radius 2 is 2.12 bits per heavy atom. The Hall–Kier alpha value is -1.82. The fraction of sp³-hybridized carbons (Fsp3) is 0.667. The number of aromatic hydroxyl groups is 1. The molecule has 1 aliphatic heterocycles. The van der Waals surface area contributed by atoms with Gasteiger partial charge in [-0.05, 0) is 31.1 Å². The first-order valence-electron chi connectivity index (χ1n) is 8.90. The summed E-state index contributed by atoms with van der Waals surface area (Å²) in [7, 11) is 0.